The van der Waals surface area contributed by atoms with Crippen LogP contribution in [0.1, 0.15) is 26.3 Å². The Kier molecular flexibility index (Phi) is 7.29. The van der Waals surface area contributed by atoms with E-state index in [0.717, 1.165) is 12.1 Å². The Labute approximate surface area is 138 Å². The van der Waals surface area contributed by atoms with E-state index in [1.807, 2.05) is 40.9 Å². The molecule has 0 atom stereocenters. The van der Waals surface area contributed by atoms with Crippen LogP contribution in [0.15, 0.2) is 23.2 Å². The van der Waals surface area contributed by atoms with E-state index in [-0.39, 0.29) is 11.4 Å². The average Bonchev–Trinajstić information content (AvgIpc) is 2.49. The van der Waals surface area contributed by atoms with Crippen LogP contribution in [0.2, 0.25) is 0 Å². The quantitative estimate of drug-likeness (QED) is 0.597. The first-order valence-corrected chi connectivity index (χ1v) is 7.82. The lowest BCUT2D eigenvalue weighted by Gasteiger charge is -2.24. The summed E-state index contributed by atoms with van der Waals surface area (Å²) in [4.78, 5) is 6.25. The van der Waals surface area contributed by atoms with Gasteiger partial charge in [0, 0.05) is 34.3 Å². The third-order valence-electron chi connectivity index (χ3n) is 3.49. The molecule has 0 saturated heterocycles. The fourth-order valence-corrected chi connectivity index (χ4v) is 1.89. The molecule has 1 aromatic carbocycles. The zero-order valence-electron chi connectivity index (χ0n) is 15.0. The van der Waals surface area contributed by atoms with Crippen LogP contribution < -0.4 is 15.5 Å². The summed E-state index contributed by atoms with van der Waals surface area (Å²) >= 11 is 0. The number of ether oxygens (including phenoxy) is 1. The van der Waals surface area contributed by atoms with Crippen molar-refractivity contribution in [2.75, 3.05) is 39.2 Å². The van der Waals surface area contributed by atoms with Crippen LogP contribution in [-0.4, -0.2) is 45.9 Å². The van der Waals surface area contributed by atoms with Crippen LogP contribution in [0.3, 0.4) is 0 Å². The van der Waals surface area contributed by atoms with Gasteiger partial charge in [-0.3, -0.25) is 0 Å². The summed E-state index contributed by atoms with van der Waals surface area (Å²) in [6.07, 6.45) is 0. The zero-order valence-corrected chi connectivity index (χ0v) is 15.0. The molecule has 0 aliphatic rings. The molecular formula is C17H29FN4O. The van der Waals surface area contributed by atoms with Crippen molar-refractivity contribution in [1.29, 1.82) is 0 Å². The average molecular weight is 324 g/mol. The highest BCUT2D eigenvalue weighted by atomic mass is 19.1. The summed E-state index contributed by atoms with van der Waals surface area (Å²) in [5.74, 6) is 0.455. The lowest BCUT2D eigenvalue weighted by atomic mass is 10.1. The van der Waals surface area contributed by atoms with E-state index in [1.54, 1.807) is 18.1 Å². The first-order valence-electron chi connectivity index (χ1n) is 7.82. The molecule has 0 radical (unpaired) electrons. The molecule has 0 heterocycles. The van der Waals surface area contributed by atoms with E-state index >= 15 is 0 Å². The second kappa shape index (κ2) is 8.72. The first kappa shape index (κ1) is 19.2. The topological polar surface area (TPSA) is 48.9 Å². The number of aliphatic imine (C=N–C) groups is 1. The molecule has 6 heteroatoms. The minimum Gasteiger partial charge on any atom is -0.377 e. The van der Waals surface area contributed by atoms with Gasteiger partial charge in [-0.25, -0.2) is 9.38 Å². The van der Waals surface area contributed by atoms with Gasteiger partial charge < -0.3 is 20.3 Å². The minimum absolute atomic E-state index is 0.235. The standard InChI is InChI=1S/C17H29FN4O/c1-7-19-16(21-12-17(2,3)23-6)20-11-13-8-9-15(22(4)5)14(18)10-13/h8-10H,7,11-12H2,1-6H3,(H2,19,20,21). The molecule has 1 rings (SSSR count). The maximum absolute atomic E-state index is 14.0. The second-order valence-electron chi connectivity index (χ2n) is 6.19. The van der Waals surface area contributed by atoms with Crippen LogP contribution in [0.4, 0.5) is 10.1 Å². The lowest BCUT2D eigenvalue weighted by Crippen LogP contribution is -2.45. The maximum Gasteiger partial charge on any atom is 0.191 e. The summed E-state index contributed by atoms with van der Waals surface area (Å²) < 4.78 is 19.4. The Bertz CT molecular complexity index is 529. The molecule has 2 N–H and O–H groups in total. The third-order valence-corrected chi connectivity index (χ3v) is 3.49. The molecule has 5 nitrogen and oxygen atoms in total. The van der Waals surface area contributed by atoms with E-state index in [4.69, 9.17) is 4.74 Å². The van der Waals surface area contributed by atoms with Gasteiger partial charge in [0.25, 0.3) is 0 Å². The Morgan fingerprint density at radius 2 is 2.00 bits per heavy atom. The van der Waals surface area contributed by atoms with Crippen molar-refractivity contribution in [3.8, 4) is 0 Å². The van der Waals surface area contributed by atoms with Crippen molar-refractivity contribution in [2.24, 2.45) is 4.99 Å². The zero-order chi connectivity index (χ0) is 17.5. The van der Waals surface area contributed by atoms with Crippen molar-refractivity contribution in [3.05, 3.63) is 29.6 Å². The van der Waals surface area contributed by atoms with Gasteiger partial charge in [0.1, 0.15) is 5.82 Å². The largest absolute Gasteiger partial charge is 0.377 e. The van der Waals surface area contributed by atoms with Gasteiger partial charge in [0.15, 0.2) is 5.96 Å². The second-order valence-corrected chi connectivity index (χ2v) is 6.19. The summed E-state index contributed by atoms with van der Waals surface area (Å²) in [6, 6.07) is 5.20. The number of rotatable bonds is 7. The Morgan fingerprint density at radius 1 is 1.30 bits per heavy atom. The summed E-state index contributed by atoms with van der Waals surface area (Å²) in [5.41, 5.74) is 1.12. The van der Waals surface area contributed by atoms with Crippen molar-refractivity contribution < 1.29 is 9.13 Å². The van der Waals surface area contributed by atoms with Crippen LogP contribution >= 0.6 is 0 Å². The summed E-state index contributed by atoms with van der Waals surface area (Å²) in [5, 5.41) is 6.41. The van der Waals surface area contributed by atoms with E-state index in [0.29, 0.717) is 24.7 Å². The van der Waals surface area contributed by atoms with Crippen LogP contribution in [0.5, 0.6) is 0 Å². The molecule has 0 spiro atoms. The predicted molar refractivity (Wildman–Crippen MR) is 94.6 cm³/mol. The molecule has 130 valence electrons. The smallest absolute Gasteiger partial charge is 0.191 e. The van der Waals surface area contributed by atoms with Gasteiger partial charge in [-0.05, 0) is 38.5 Å². The van der Waals surface area contributed by atoms with Gasteiger partial charge >= 0.3 is 0 Å². The highest BCUT2D eigenvalue weighted by Crippen LogP contribution is 2.18. The highest BCUT2D eigenvalue weighted by molar-refractivity contribution is 5.79. The van der Waals surface area contributed by atoms with Gasteiger partial charge in [0.2, 0.25) is 0 Å². The molecule has 0 aliphatic heterocycles. The maximum atomic E-state index is 14.0. The molecule has 0 saturated carbocycles. The SMILES string of the molecule is CCNC(=NCc1ccc(N(C)C)c(F)c1)NCC(C)(C)OC. The fraction of sp³-hybridized carbons (Fsp3) is 0.588. The monoisotopic (exact) mass is 324 g/mol. The molecule has 0 aliphatic carbocycles. The van der Waals surface area contributed by atoms with Gasteiger partial charge in [-0.2, -0.15) is 0 Å². The molecular weight excluding hydrogens is 295 g/mol. The summed E-state index contributed by atoms with van der Waals surface area (Å²) in [6.45, 7) is 7.80. The number of nitrogens with zero attached hydrogens (tertiary/aromatic N) is 2. The third kappa shape index (κ3) is 6.44. The van der Waals surface area contributed by atoms with E-state index in [9.17, 15) is 4.39 Å². The van der Waals surface area contributed by atoms with E-state index < -0.39 is 0 Å². The predicted octanol–water partition coefficient (Wildman–Crippen LogP) is 2.37. The number of halogens is 1. The van der Waals surface area contributed by atoms with Crippen LogP contribution in [-0.2, 0) is 11.3 Å². The lowest BCUT2D eigenvalue weighted by molar-refractivity contribution is 0.0268. The van der Waals surface area contributed by atoms with E-state index in [1.165, 1.54) is 6.07 Å². The number of guanidine groups is 1. The number of methoxy groups -OCH3 is 1. The van der Waals surface area contributed by atoms with Crippen LogP contribution in [0, 0.1) is 5.82 Å². The normalized spacial score (nSPS) is 12.2. The molecule has 23 heavy (non-hydrogen) atoms. The molecule has 0 amide bonds. The van der Waals surface area contributed by atoms with Gasteiger partial charge in [-0.1, -0.05) is 6.07 Å². The highest BCUT2D eigenvalue weighted by Gasteiger charge is 2.16. The van der Waals surface area contributed by atoms with Crippen molar-refractivity contribution in [1.82, 2.24) is 10.6 Å². The first-order chi connectivity index (χ1) is 10.8. The number of anilines is 1. The molecule has 0 unspecified atom stereocenters. The Morgan fingerprint density at radius 3 is 2.52 bits per heavy atom. The fourth-order valence-electron chi connectivity index (χ4n) is 1.89. The van der Waals surface area contributed by atoms with Gasteiger partial charge in [-0.15, -0.1) is 0 Å². The van der Waals surface area contributed by atoms with Crippen molar-refractivity contribution in [2.45, 2.75) is 32.9 Å². The van der Waals surface area contributed by atoms with Gasteiger partial charge in [0.05, 0.1) is 17.8 Å². The van der Waals surface area contributed by atoms with Crippen LogP contribution in [0.25, 0.3) is 0 Å². The number of nitrogens with one attached hydrogen (secondary N) is 2. The Balaban J connectivity index is 2.75. The van der Waals surface area contributed by atoms with Crippen molar-refractivity contribution >= 4 is 11.6 Å². The molecule has 0 fully saturated rings. The minimum atomic E-state index is -0.282. The number of hydrogen-bond acceptors (Lipinski definition) is 3. The summed E-state index contributed by atoms with van der Waals surface area (Å²) in [7, 11) is 5.32. The van der Waals surface area contributed by atoms with Crippen molar-refractivity contribution in [3.63, 3.8) is 0 Å². The number of benzene rings is 1. The van der Waals surface area contributed by atoms with E-state index in [2.05, 4.69) is 15.6 Å². The number of hydrogen-bond donors (Lipinski definition) is 2. The molecule has 0 bridgehead atoms. The molecule has 0 aromatic heterocycles. The molecule has 1 aromatic rings. The Hall–Kier alpha value is -1.82.